The number of aryl methyl sites for hydroxylation is 1. The van der Waals surface area contributed by atoms with Gasteiger partial charge in [0.15, 0.2) is 5.16 Å². The summed E-state index contributed by atoms with van der Waals surface area (Å²) in [6.07, 6.45) is 5.56. The molecule has 0 saturated heterocycles. The lowest BCUT2D eigenvalue weighted by Crippen LogP contribution is -2.09. The fourth-order valence-electron chi connectivity index (χ4n) is 2.45. The van der Waals surface area contributed by atoms with Crippen LogP contribution in [-0.2, 0) is 12.8 Å². The van der Waals surface area contributed by atoms with Gasteiger partial charge in [-0.25, -0.2) is 9.97 Å². The van der Waals surface area contributed by atoms with Crippen molar-refractivity contribution in [2.24, 2.45) is 5.92 Å². The fraction of sp³-hybridized carbons (Fsp3) is 0.500. The number of aromatic nitrogens is 2. The molecule has 0 aliphatic heterocycles. The summed E-state index contributed by atoms with van der Waals surface area (Å²) in [5.41, 5.74) is 7.50. The summed E-state index contributed by atoms with van der Waals surface area (Å²) >= 11 is 3.35. The largest absolute Gasteiger partial charge is 0.383 e. The van der Waals surface area contributed by atoms with Crippen molar-refractivity contribution in [1.29, 1.82) is 0 Å². The molecule has 2 aromatic heterocycles. The number of thiophene rings is 1. The molecular weight excluding hydrogens is 250 g/mol. The zero-order chi connectivity index (χ0) is 12.0. The lowest BCUT2D eigenvalue weighted by Gasteiger charge is -2.18. The summed E-state index contributed by atoms with van der Waals surface area (Å²) in [4.78, 5) is 11.5. The zero-order valence-corrected chi connectivity index (χ0v) is 11.6. The van der Waals surface area contributed by atoms with Gasteiger partial charge in [-0.05, 0) is 37.0 Å². The monoisotopic (exact) mass is 265 g/mol. The Kier molecular flexibility index (Phi) is 2.75. The van der Waals surface area contributed by atoms with Crippen molar-refractivity contribution in [3.63, 3.8) is 0 Å². The minimum absolute atomic E-state index is 0.658. The molecule has 0 bridgehead atoms. The van der Waals surface area contributed by atoms with Gasteiger partial charge in [0.25, 0.3) is 0 Å². The number of nitrogens with two attached hydrogens (primary N) is 1. The van der Waals surface area contributed by atoms with E-state index in [4.69, 9.17) is 5.73 Å². The molecule has 0 unspecified atom stereocenters. The minimum Gasteiger partial charge on any atom is -0.383 e. The molecule has 2 heterocycles. The molecule has 0 amide bonds. The van der Waals surface area contributed by atoms with Crippen LogP contribution in [0.15, 0.2) is 5.16 Å². The highest BCUT2D eigenvalue weighted by molar-refractivity contribution is 7.98. The second-order valence-electron chi connectivity index (χ2n) is 4.63. The van der Waals surface area contributed by atoms with E-state index in [-0.39, 0.29) is 0 Å². The molecule has 3 nitrogen and oxygen atoms in total. The van der Waals surface area contributed by atoms with Gasteiger partial charge in [-0.3, -0.25) is 0 Å². The molecule has 0 aromatic carbocycles. The average Bonchev–Trinajstić information content (AvgIpc) is 2.66. The highest BCUT2D eigenvalue weighted by Gasteiger charge is 2.23. The van der Waals surface area contributed by atoms with Crippen molar-refractivity contribution in [2.75, 3.05) is 12.0 Å². The van der Waals surface area contributed by atoms with E-state index in [1.54, 1.807) is 23.1 Å². The third-order valence-corrected chi connectivity index (χ3v) is 5.07. The van der Waals surface area contributed by atoms with Crippen LogP contribution in [0.3, 0.4) is 0 Å². The van der Waals surface area contributed by atoms with Gasteiger partial charge in [-0.15, -0.1) is 11.3 Å². The van der Waals surface area contributed by atoms with Gasteiger partial charge < -0.3 is 5.73 Å². The molecule has 0 spiro atoms. The van der Waals surface area contributed by atoms with Crippen LogP contribution in [0.2, 0.25) is 0 Å². The number of fused-ring (bicyclic) bond motifs is 3. The minimum atomic E-state index is 0.658. The van der Waals surface area contributed by atoms with Gasteiger partial charge in [0.2, 0.25) is 0 Å². The first-order chi connectivity index (χ1) is 8.19. The van der Waals surface area contributed by atoms with Gasteiger partial charge in [0, 0.05) is 4.88 Å². The zero-order valence-electron chi connectivity index (χ0n) is 9.99. The summed E-state index contributed by atoms with van der Waals surface area (Å²) in [6.45, 7) is 2.31. The number of thioether (sulfide) groups is 1. The Bertz CT molecular complexity index is 577. The Balaban J connectivity index is 2.25. The highest BCUT2D eigenvalue weighted by Crippen LogP contribution is 2.39. The Morgan fingerprint density at radius 3 is 3.00 bits per heavy atom. The second-order valence-corrected chi connectivity index (χ2v) is 6.48. The summed E-state index contributed by atoms with van der Waals surface area (Å²) in [5.74, 6) is 1.41. The van der Waals surface area contributed by atoms with Crippen molar-refractivity contribution in [1.82, 2.24) is 9.97 Å². The molecule has 1 atom stereocenters. The van der Waals surface area contributed by atoms with Crippen molar-refractivity contribution in [3.05, 3.63) is 10.4 Å². The van der Waals surface area contributed by atoms with Gasteiger partial charge in [-0.2, -0.15) is 0 Å². The van der Waals surface area contributed by atoms with E-state index in [0.717, 1.165) is 27.7 Å². The predicted molar refractivity (Wildman–Crippen MR) is 74.8 cm³/mol. The van der Waals surface area contributed by atoms with Gasteiger partial charge >= 0.3 is 0 Å². The Labute approximate surface area is 109 Å². The molecule has 90 valence electrons. The van der Waals surface area contributed by atoms with Gasteiger partial charge in [-0.1, -0.05) is 18.7 Å². The first kappa shape index (κ1) is 11.3. The predicted octanol–water partition coefficient (Wildman–Crippen LogP) is 3.12. The second kappa shape index (κ2) is 4.14. The number of nitrogens with zero attached hydrogens (tertiary/aromatic N) is 2. The molecular formula is C12H15N3S2. The third-order valence-electron chi connectivity index (χ3n) is 3.34. The van der Waals surface area contributed by atoms with E-state index < -0.39 is 0 Å². The fourth-order valence-corrected chi connectivity index (χ4v) is 4.10. The maximum absolute atomic E-state index is 6.09. The number of anilines is 1. The standard InChI is InChI=1S/C12H15N3S2/c1-6-3-4-8-7(5-6)9-10(13)14-12(16-2)15-11(9)17-8/h6H,3-5H2,1-2H3,(H2,13,14,15)/t6-/m0/s1. The normalized spacial score (nSPS) is 19.5. The number of hydrogen-bond donors (Lipinski definition) is 1. The molecule has 0 saturated carbocycles. The van der Waals surface area contributed by atoms with Crippen LogP contribution in [-0.4, -0.2) is 16.2 Å². The quantitative estimate of drug-likeness (QED) is 0.636. The van der Waals surface area contributed by atoms with Crippen LogP contribution >= 0.6 is 23.1 Å². The van der Waals surface area contributed by atoms with Gasteiger partial charge in [0.05, 0.1) is 5.39 Å². The summed E-state index contributed by atoms with van der Waals surface area (Å²) in [6, 6.07) is 0. The van der Waals surface area contributed by atoms with Crippen LogP contribution in [0.1, 0.15) is 23.8 Å². The number of nitrogen functional groups attached to an aromatic ring is 1. The van der Waals surface area contributed by atoms with Crippen LogP contribution < -0.4 is 5.73 Å². The van der Waals surface area contributed by atoms with Gasteiger partial charge in [0.1, 0.15) is 10.6 Å². The van der Waals surface area contributed by atoms with Crippen LogP contribution in [0.4, 0.5) is 5.82 Å². The molecule has 2 N–H and O–H groups in total. The van der Waals surface area contributed by atoms with E-state index in [2.05, 4.69) is 16.9 Å². The Morgan fingerprint density at radius 1 is 1.41 bits per heavy atom. The van der Waals surface area contributed by atoms with E-state index in [9.17, 15) is 0 Å². The molecule has 17 heavy (non-hydrogen) atoms. The van der Waals surface area contributed by atoms with Crippen molar-refractivity contribution in [3.8, 4) is 0 Å². The van der Waals surface area contributed by atoms with E-state index in [1.807, 2.05) is 6.26 Å². The smallest absolute Gasteiger partial charge is 0.190 e. The first-order valence-corrected chi connectivity index (χ1v) is 7.85. The van der Waals surface area contributed by atoms with Crippen LogP contribution in [0, 0.1) is 5.92 Å². The Hall–Kier alpha value is -0.810. The molecule has 0 radical (unpaired) electrons. The molecule has 1 aliphatic rings. The molecule has 1 aliphatic carbocycles. The SMILES string of the molecule is CSc1nc(N)c2c3c(sc2n1)CC[C@H](C)C3. The lowest BCUT2D eigenvalue weighted by molar-refractivity contribution is 0.508. The van der Waals surface area contributed by atoms with E-state index in [0.29, 0.717) is 5.82 Å². The van der Waals surface area contributed by atoms with Crippen LogP contribution in [0.25, 0.3) is 10.2 Å². The Morgan fingerprint density at radius 2 is 2.24 bits per heavy atom. The maximum atomic E-state index is 6.09. The molecule has 0 fully saturated rings. The lowest BCUT2D eigenvalue weighted by atomic mass is 9.89. The van der Waals surface area contributed by atoms with Crippen LogP contribution in [0.5, 0.6) is 0 Å². The summed E-state index contributed by atoms with van der Waals surface area (Å²) in [5, 5.41) is 1.90. The molecule has 2 aromatic rings. The van der Waals surface area contributed by atoms with E-state index in [1.165, 1.54) is 23.3 Å². The summed E-state index contributed by atoms with van der Waals surface area (Å²) in [7, 11) is 0. The van der Waals surface area contributed by atoms with Crippen molar-refractivity contribution in [2.45, 2.75) is 31.3 Å². The molecule has 5 heteroatoms. The molecule has 3 rings (SSSR count). The highest BCUT2D eigenvalue weighted by atomic mass is 32.2. The maximum Gasteiger partial charge on any atom is 0.190 e. The first-order valence-electron chi connectivity index (χ1n) is 5.80. The van der Waals surface area contributed by atoms with Crippen molar-refractivity contribution < 1.29 is 0 Å². The number of hydrogen-bond acceptors (Lipinski definition) is 5. The topological polar surface area (TPSA) is 51.8 Å². The third kappa shape index (κ3) is 1.81. The number of rotatable bonds is 1. The van der Waals surface area contributed by atoms with E-state index >= 15 is 0 Å². The van der Waals surface area contributed by atoms with Crippen molar-refractivity contribution >= 4 is 39.1 Å². The summed E-state index contributed by atoms with van der Waals surface area (Å²) < 4.78 is 0. The average molecular weight is 265 g/mol.